The van der Waals surface area contributed by atoms with Crippen LogP contribution in [0.5, 0.6) is 11.5 Å². The first-order chi connectivity index (χ1) is 9.43. The van der Waals surface area contributed by atoms with Crippen LogP contribution in [-0.2, 0) is 0 Å². The van der Waals surface area contributed by atoms with Crippen LogP contribution in [0.3, 0.4) is 0 Å². The molecule has 0 amide bonds. The number of carbonyl (C=O) groups excluding carboxylic acids is 1. The first kappa shape index (κ1) is 13.9. The third-order valence-corrected chi connectivity index (χ3v) is 3.01. The van der Waals surface area contributed by atoms with Gasteiger partial charge in [0.1, 0.15) is 11.3 Å². The van der Waals surface area contributed by atoms with E-state index in [0.29, 0.717) is 0 Å². The third kappa shape index (κ3) is 2.31. The van der Waals surface area contributed by atoms with Crippen LogP contribution in [0, 0.1) is 0 Å². The second-order valence-electron chi connectivity index (χ2n) is 3.98. The van der Waals surface area contributed by atoms with E-state index in [2.05, 4.69) is 0 Å². The van der Waals surface area contributed by atoms with Gasteiger partial charge in [-0.25, -0.2) is 4.79 Å². The molecule has 0 saturated carbocycles. The molecule has 0 aliphatic carbocycles. The Bertz CT molecular complexity index is 694. The number of carbonyl (C=O) groups is 2. The molecule has 5 nitrogen and oxygen atoms in total. The Morgan fingerprint density at radius 2 is 1.60 bits per heavy atom. The summed E-state index contributed by atoms with van der Waals surface area (Å²) in [5.41, 5.74) is -0.811. The first-order valence-electron chi connectivity index (χ1n) is 5.51. The Hall–Kier alpha value is -2.53. The number of aromatic carboxylic acids is 1. The maximum absolute atomic E-state index is 12.2. The number of hydrogen-bond acceptors (Lipinski definition) is 4. The van der Waals surface area contributed by atoms with Gasteiger partial charge in [0.25, 0.3) is 0 Å². The van der Waals surface area contributed by atoms with Crippen molar-refractivity contribution < 1.29 is 24.9 Å². The average Bonchev–Trinajstić information content (AvgIpc) is 2.43. The van der Waals surface area contributed by atoms with Crippen LogP contribution in [0.2, 0.25) is 5.02 Å². The Labute approximate surface area is 118 Å². The zero-order valence-electron chi connectivity index (χ0n) is 10.0. The lowest BCUT2D eigenvalue weighted by atomic mass is 9.99. The average molecular weight is 293 g/mol. The smallest absolute Gasteiger partial charge is 0.343 e. The lowest BCUT2D eigenvalue weighted by molar-refractivity contribution is 0.0690. The molecule has 0 aromatic heterocycles. The maximum atomic E-state index is 12.2. The molecule has 20 heavy (non-hydrogen) atoms. The van der Waals surface area contributed by atoms with Crippen molar-refractivity contribution in [1.29, 1.82) is 0 Å². The molecule has 102 valence electrons. The summed E-state index contributed by atoms with van der Waals surface area (Å²) in [4.78, 5) is 23.2. The number of aromatic hydroxyl groups is 2. The molecule has 2 rings (SSSR count). The van der Waals surface area contributed by atoms with Gasteiger partial charge in [-0.1, -0.05) is 41.9 Å². The van der Waals surface area contributed by atoms with Gasteiger partial charge in [0.15, 0.2) is 11.5 Å². The van der Waals surface area contributed by atoms with E-state index in [1.54, 1.807) is 18.2 Å². The number of carboxylic acid groups (broad SMARTS) is 1. The minimum Gasteiger partial charge on any atom is -0.506 e. The number of hydrogen-bond donors (Lipinski definition) is 3. The molecule has 2 aromatic carbocycles. The fourth-order valence-corrected chi connectivity index (χ4v) is 1.95. The van der Waals surface area contributed by atoms with Crippen molar-refractivity contribution in [3.63, 3.8) is 0 Å². The Kier molecular flexibility index (Phi) is 3.63. The van der Waals surface area contributed by atoms with E-state index in [-0.39, 0.29) is 16.1 Å². The number of phenols is 2. The van der Waals surface area contributed by atoms with Gasteiger partial charge in [0.05, 0.1) is 10.6 Å². The van der Waals surface area contributed by atoms with E-state index in [1.165, 1.54) is 12.1 Å². The molecule has 0 aliphatic rings. The highest BCUT2D eigenvalue weighted by molar-refractivity contribution is 6.33. The van der Waals surface area contributed by atoms with Crippen molar-refractivity contribution in [2.24, 2.45) is 0 Å². The summed E-state index contributed by atoms with van der Waals surface area (Å²) in [7, 11) is 0. The summed E-state index contributed by atoms with van der Waals surface area (Å²) < 4.78 is 0. The molecule has 0 heterocycles. The van der Waals surface area contributed by atoms with Crippen LogP contribution in [0.4, 0.5) is 0 Å². The van der Waals surface area contributed by atoms with E-state index in [4.69, 9.17) is 16.7 Å². The molecule has 0 atom stereocenters. The minimum absolute atomic E-state index is 0.265. The highest BCUT2D eigenvalue weighted by Crippen LogP contribution is 2.37. The summed E-state index contributed by atoms with van der Waals surface area (Å²) in [5, 5.41) is 28.1. The van der Waals surface area contributed by atoms with E-state index >= 15 is 0 Å². The molecule has 2 aromatic rings. The van der Waals surface area contributed by atoms with Crippen molar-refractivity contribution in [1.82, 2.24) is 0 Å². The van der Waals surface area contributed by atoms with Gasteiger partial charge in [0, 0.05) is 5.56 Å². The summed E-state index contributed by atoms with van der Waals surface area (Å²) in [5.74, 6) is -3.76. The first-order valence-corrected chi connectivity index (χ1v) is 5.88. The van der Waals surface area contributed by atoms with Gasteiger partial charge in [-0.05, 0) is 6.07 Å². The van der Waals surface area contributed by atoms with Gasteiger partial charge in [-0.2, -0.15) is 0 Å². The number of carboxylic acids is 1. The van der Waals surface area contributed by atoms with Gasteiger partial charge in [-0.15, -0.1) is 0 Å². The Balaban J connectivity index is 2.64. The van der Waals surface area contributed by atoms with E-state index in [1.807, 2.05) is 0 Å². The zero-order valence-corrected chi connectivity index (χ0v) is 10.8. The second-order valence-corrected chi connectivity index (χ2v) is 4.39. The van der Waals surface area contributed by atoms with Crippen LogP contribution in [0.25, 0.3) is 0 Å². The molecule has 6 heteroatoms. The largest absolute Gasteiger partial charge is 0.506 e. The second kappa shape index (κ2) is 5.22. The zero-order chi connectivity index (χ0) is 14.9. The van der Waals surface area contributed by atoms with Crippen molar-refractivity contribution in [2.75, 3.05) is 0 Å². The predicted octanol–water partition coefficient (Wildman–Crippen LogP) is 2.68. The van der Waals surface area contributed by atoms with Crippen LogP contribution in [-0.4, -0.2) is 27.1 Å². The fraction of sp³-hybridized carbons (Fsp3) is 0. The number of ketones is 1. The maximum Gasteiger partial charge on any atom is 0.343 e. The third-order valence-electron chi connectivity index (χ3n) is 2.72. The molecule has 3 N–H and O–H groups in total. The van der Waals surface area contributed by atoms with Crippen molar-refractivity contribution in [2.45, 2.75) is 0 Å². The lowest BCUT2D eigenvalue weighted by Crippen LogP contribution is -2.06. The van der Waals surface area contributed by atoms with Crippen molar-refractivity contribution >= 4 is 23.4 Å². The minimum atomic E-state index is -1.58. The van der Waals surface area contributed by atoms with Crippen molar-refractivity contribution in [3.8, 4) is 11.5 Å². The SMILES string of the molecule is O=C(c1ccccc1)c1cc(Cl)c(O)c(C(=O)O)c1O. The molecule has 0 spiro atoms. The summed E-state index contributed by atoms with van der Waals surface area (Å²) in [6.45, 7) is 0. The summed E-state index contributed by atoms with van der Waals surface area (Å²) in [6.07, 6.45) is 0. The van der Waals surface area contributed by atoms with Crippen LogP contribution in [0.15, 0.2) is 36.4 Å². The van der Waals surface area contributed by atoms with Crippen LogP contribution >= 0.6 is 11.6 Å². The number of benzene rings is 2. The van der Waals surface area contributed by atoms with Gasteiger partial charge < -0.3 is 15.3 Å². The number of rotatable bonds is 3. The summed E-state index contributed by atoms with van der Waals surface area (Å²) in [6, 6.07) is 9.04. The Morgan fingerprint density at radius 1 is 1.00 bits per heavy atom. The van der Waals surface area contributed by atoms with Gasteiger partial charge in [-0.3, -0.25) is 4.79 Å². The number of halogens is 1. The molecule has 0 aliphatic heterocycles. The fourth-order valence-electron chi connectivity index (χ4n) is 1.75. The molecular formula is C14H9ClO5. The molecule has 0 unspecified atom stereocenters. The molecule has 0 fully saturated rings. The van der Waals surface area contributed by atoms with E-state index in [0.717, 1.165) is 6.07 Å². The van der Waals surface area contributed by atoms with Crippen LogP contribution in [0.1, 0.15) is 26.3 Å². The topological polar surface area (TPSA) is 94.8 Å². The Morgan fingerprint density at radius 3 is 2.15 bits per heavy atom. The highest BCUT2D eigenvalue weighted by atomic mass is 35.5. The highest BCUT2D eigenvalue weighted by Gasteiger charge is 2.25. The molecular weight excluding hydrogens is 284 g/mol. The standard InChI is InChI=1S/C14H9ClO5/c15-9-6-8(11(16)7-4-2-1-3-5-7)12(17)10(13(9)18)14(19)20/h1-6,17-18H,(H,19,20). The summed E-state index contributed by atoms with van der Waals surface area (Å²) >= 11 is 5.69. The molecule has 0 saturated heterocycles. The normalized spacial score (nSPS) is 10.2. The van der Waals surface area contributed by atoms with Crippen molar-refractivity contribution in [3.05, 3.63) is 58.1 Å². The van der Waals surface area contributed by atoms with Crippen LogP contribution < -0.4 is 0 Å². The van der Waals surface area contributed by atoms with E-state index < -0.39 is 28.8 Å². The molecule has 0 radical (unpaired) electrons. The predicted molar refractivity (Wildman–Crippen MR) is 71.6 cm³/mol. The van der Waals surface area contributed by atoms with Gasteiger partial charge >= 0.3 is 5.97 Å². The lowest BCUT2D eigenvalue weighted by Gasteiger charge is -2.10. The monoisotopic (exact) mass is 292 g/mol. The quantitative estimate of drug-likeness (QED) is 0.756. The van der Waals surface area contributed by atoms with E-state index in [9.17, 15) is 19.8 Å². The van der Waals surface area contributed by atoms with Gasteiger partial charge in [0.2, 0.25) is 0 Å². The molecule has 0 bridgehead atoms.